The second kappa shape index (κ2) is 8.86. The second-order valence-electron chi connectivity index (χ2n) is 5.77. The molecule has 2 rings (SSSR count). The number of halogens is 1. The average molecular weight is 429 g/mol. The molecule has 1 atom stereocenters. The number of nitrogens with one attached hydrogen (secondary N) is 1. The van der Waals surface area contributed by atoms with Crippen molar-refractivity contribution in [2.45, 2.75) is 17.9 Å². The summed E-state index contributed by atoms with van der Waals surface area (Å²) in [7, 11) is -2.27. The van der Waals surface area contributed by atoms with Gasteiger partial charge in [-0.2, -0.15) is 0 Å². The molecule has 0 unspecified atom stereocenters. The minimum absolute atomic E-state index is 0.254. The molecule has 1 amide bonds. The Bertz CT molecular complexity index is 935. The van der Waals surface area contributed by atoms with Crippen molar-refractivity contribution in [3.8, 4) is 5.75 Å². The van der Waals surface area contributed by atoms with Gasteiger partial charge in [0.1, 0.15) is 11.8 Å². The Morgan fingerprint density at radius 1 is 1.26 bits per heavy atom. The molecule has 6 nitrogen and oxygen atoms in total. The van der Waals surface area contributed by atoms with Crippen LogP contribution in [0, 0.1) is 0 Å². The maximum atomic E-state index is 12.7. The zero-order chi connectivity index (χ0) is 20.2. The zero-order valence-electron chi connectivity index (χ0n) is 15.4. The number of benzene rings is 2. The topological polar surface area (TPSA) is 75.7 Å². The van der Waals surface area contributed by atoms with E-state index in [9.17, 15) is 13.2 Å². The monoisotopic (exact) mass is 428 g/mol. The summed E-state index contributed by atoms with van der Waals surface area (Å²) < 4.78 is 30.9. The first kappa shape index (κ1) is 21.4. The molecule has 0 aliphatic rings. The number of amides is 1. The van der Waals surface area contributed by atoms with E-state index in [0.29, 0.717) is 11.4 Å². The number of hydrogen-bond donors (Lipinski definition) is 1. The average Bonchev–Trinajstić information content (AvgIpc) is 2.61. The Labute approximate surface area is 168 Å². The fourth-order valence-corrected chi connectivity index (χ4v) is 4.43. The molecular weight excluding hydrogens is 408 g/mol. The van der Waals surface area contributed by atoms with Gasteiger partial charge in [-0.25, -0.2) is 8.42 Å². The number of thioether (sulfide) groups is 1. The first-order valence-electron chi connectivity index (χ1n) is 7.95. The van der Waals surface area contributed by atoms with Gasteiger partial charge in [0, 0.05) is 10.6 Å². The van der Waals surface area contributed by atoms with Crippen molar-refractivity contribution < 1.29 is 17.9 Å². The van der Waals surface area contributed by atoms with Crippen molar-refractivity contribution in [3.63, 3.8) is 0 Å². The standard InChI is InChI=1S/C18H21ClN2O4S2/c1-12(18(22)20-13-6-5-7-15(10-13)26-3)21(27(4,23)24)14-8-9-17(25-2)16(19)11-14/h5-12H,1-4H3,(H,20,22)/t12-/m1/s1. The quantitative estimate of drug-likeness (QED) is 0.677. The third-order valence-electron chi connectivity index (χ3n) is 3.82. The molecule has 0 saturated carbocycles. The van der Waals surface area contributed by atoms with Crippen LogP contribution in [0.15, 0.2) is 47.4 Å². The molecule has 2 aromatic carbocycles. The zero-order valence-corrected chi connectivity index (χ0v) is 17.8. The van der Waals surface area contributed by atoms with Gasteiger partial charge in [-0.15, -0.1) is 11.8 Å². The highest BCUT2D eigenvalue weighted by atomic mass is 35.5. The van der Waals surface area contributed by atoms with Crippen LogP contribution in [0.25, 0.3) is 0 Å². The lowest BCUT2D eigenvalue weighted by atomic mass is 10.2. The lowest BCUT2D eigenvalue weighted by Gasteiger charge is -2.28. The Kier molecular flexibility index (Phi) is 7.02. The summed E-state index contributed by atoms with van der Waals surface area (Å²) in [6, 6.07) is 10.9. The summed E-state index contributed by atoms with van der Waals surface area (Å²) in [5.74, 6) is -0.0366. The summed E-state index contributed by atoms with van der Waals surface area (Å²) >= 11 is 7.67. The van der Waals surface area contributed by atoms with Crippen LogP contribution in [-0.2, 0) is 14.8 Å². The van der Waals surface area contributed by atoms with Crippen molar-refractivity contribution in [2.24, 2.45) is 0 Å². The van der Waals surface area contributed by atoms with Gasteiger partial charge in [0.05, 0.1) is 24.1 Å². The SMILES string of the molecule is COc1ccc(N([C@H](C)C(=O)Nc2cccc(SC)c2)S(C)(=O)=O)cc1Cl. The van der Waals surface area contributed by atoms with Gasteiger partial charge in [-0.05, 0) is 49.6 Å². The van der Waals surface area contributed by atoms with E-state index in [1.807, 2.05) is 24.5 Å². The van der Waals surface area contributed by atoms with Crippen molar-refractivity contribution in [1.29, 1.82) is 0 Å². The van der Waals surface area contributed by atoms with Gasteiger partial charge >= 0.3 is 0 Å². The molecule has 0 aromatic heterocycles. The molecule has 1 N–H and O–H groups in total. The van der Waals surface area contributed by atoms with Crippen LogP contribution < -0.4 is 14.4 Å². The largest absolute Gasteiger partial charge is 0.495 e. The molecule has 0 spiro atoms. The van der Waals surface area contributed by atoms with E-state index in [1.165, 1.54) is 20.1 Å². The van der Waals surface area contributed by atoms with E-state index >= 15 is 0 Å². The highest BCUT2D eigenvalue weighted by Gasteiger charge is 2.29. The predicted octanol–water partition coefficient (Wildman–Crippen LogP) is 3.86. The Balaban J connectivity index is 2.33. The van der Waals surface area contributed by atoms with Crippen LogP contribution in [0.5, 0.6) is 5.75 Å². The van der Waals surface area contributed by atoms with Gasteiger partial charge < -0.3 is 10.1 Å². The minimum Gasteiger partial charge on any atom is -0.495 e. The molecule has 27 heavy (non-hydrogen) atoms. The molecule has 146 valence electrons. The maximum absolute atomic E-state index is 12.7. The molecular formula is C18H21ClN2O4S2. The van der Waals surface area contributed by atoms with Crippen molar-refractivity contribution in [1.82, 2.24) is 0 Å². The van der Waals surface area contributed by atoms with E-state index in [-0.39, 0.29) is 10.7 Å². The van der Waals surface area contributed by atoms with Gasteiger partial charge in [-0.1, -0.05) is 17.7 Å². The van der Waals surface area contributed by atoms with Crippen LogP contribution in [0.3, 0.4) is 0 Å². The number of hydrogen-bond acceptors (Lipinski definition) is 5. The summed E-state index contributed by atoms with van der Waals surface area (Å²) in [5, 5.41) is 3.01. The van der Waals surface area contributed by atoms with Gasteiger partial charge in [0.15, 0.2) is 0 Å². The van der Waals surface area contributed by atoms with Gasteiger partial charge in [-0.3, -0.25) is 9.10 Å². The number of rotatable bonds is 7. The van der Waals surface area contributed by atoms with Crippen molar-refractivity contribution in [2.75, 3.05) is 29.2 Å². The Morgan fingerprint density at radius 2 is 1.96 bits per heavy atom. The van der Waals surface area contributed by atoms with Crippen LogP contribution in [0.4, 0.5) is 11.4 Å². The second-order valence-corrected chi connectivity index (χ2v) is 8.92. The van der Waals surface area contributed by atoms with E-state index in [0.717, 1.165) is 15.5 Å². The Morgan fingerprint density at radius 3 is 2.52 bits per heavy atom. The minimum atomic E-state index is -3.73. The number of anilines is 2. The Hall–Kier alpha value is -1.90. The van der Waals surface area contributed by atoms with Crippen LogP contribution in [0.1, 0.15) is 6.92 Å². The molecule has 0 fully saturated rings. The summed E-state index contributed by atoms with van der Waals surface area (Å²) in [5.41, 5.74) is 0.878. The van der Waals surface area contributed by atoms with E-state index in [2.05, 4.69) is 5.32 Å². The third kappa shape index (κ3) is 5.31. The molecule has 0 radical (unpaired) electrons. The predicted molar refractivity (Wildman–Crippen MR) is 112 cm³/mol. The van der Waals surface area contributed by atoms with Crippen molar-refractivity contribution in [3.05, 3.63) is 47.5 Å². The normalized spacial score (nSPS) is 12.3. The molecule has 0 heterocycles. The number of ether oxygens (including phenoxy) is 1. The van der Waals surface area contributed by atoms with E-state index < -0.39 is 22.0 Å². The molecule has 0 aliphatic carbocycles. The van der Waals surface area contributed by atoms with Crippen LogP contribution >= 0.6 is 23.4 Å². The van der Waals surface area contributed by atoms with Crippen LogP contribution in [-0.4, -0.2) is 40.0 Å². The summed E-state index contributed by atoms with van der Waals surface area (Å²) in [6.45, 7) is 1.52. The molecule has 9 heteroatoms. The van der Waals surface area contributed by atoms with E-state index in [1.54, 1.807) is 30.0 Å². The number of carbonyl (C=O) groups is 1. The number of sulfonamides is 1. The number of methoxy groups -OCH3 is 1. The molecule has 2 aromatic rings. The molecule has 0 bridgehead atoms. The first-order chi connectivity index (χ1) is 12.7. The lowest BCUT2D eigenvalue weighted by molar-refractivity contribution is -0.116. The molecule has 0 aliphatic heterocycles. The van der Waals surface area contributed by atoms with Crippen molar-refractivity contribution >= 4 is 50.7 Å². The lowest BCUT2D eigenvalue weighted by Crippen LogP contribution is -2.45. The molecule has 0 saturated heterocycles. The maximum Gasteiger partial charge on any atom is 0.247 e. The van der Waals surface area contributed by atoms with E-state index in [4.69, 9.17) is 16.3 Å². The number of nitrogens with zero attached hydrogens (tertiary/aromatic N) is 1. The van der Waals surface area contributed by atoms with Gasteiger partial charge in [0.25, 0.3) is 0 Å². The summed E-state index contributed by atoms with van der Waals surface area (Å²) in [6.07, 6.45) is 2.98. The fraction of sp³-hybridized carbons (Fsp3) is 0.278. The summed E-state index contributed by atoms with van der Waals surface area (Å²) in [4.78, 5) is 13.7. The van der Waals surface area contributed by atoms with Gasteiger partial charge in [0.2, 0.25) is 15.9 Å². The number of carbonyl (C=O) groups excluding carboxylic acids is 1. The van der Waals surface area contributed by atoms with Crippen LogP contribution in [0.2, 0.25) is 5.02 Å². The smallest absolute Gasteiger partial charge is 0.247 e. The fourth-order valence-electron chi connectivity index (χ4n) is 2.55. The highest BCUT2D eigenvalue weighted by molar-refractivity contribution is 7.98. The highest BCUT2D eigenvalue weighted by Crippen LogP contribution is 2.31. The first-order valence-corrected chi connectivity index (χ1v) is 11.4. The third-order valence-corrected chi connectivity index (χ3v) is 6.08.